The molecule has 4 heteroatoms. The van der Waals surface area contributed by atoms with Gasteiger partial charge in [0.05, 0.1) is 12.2 Å². The van der Waals surface area contributed by atoms with Crippen molar-refractivity contribution in [1.29, 1.82) is 0 Å². The average Bonchev–Trinajstić information content (AvgIpc) is 3.20. The Morgan fingerprint density at radius 1 is 0.885 bits per heavy atom. The van der Waals surface area contributed by atoms with Gasteiger partial charge >= 0.3 is 0 Å². The lowest BCUT2D eigenvalue weighted by Gasteiger charge is -2.33. The summed E-state index contributed by atoms with van der Waals surface area (Å²) in [5.41, 5.74) is 3.34. The lowest BCUT2D eigenvalue weighted by Crippen LogP contribution is -2.46. The summed E-state index contributed by atoms with van der Waals surface area (Å²) in [7, 11) is 0. The van der Waals surface area contributed by atoms with Crippen LogP contribution >= 0.6 is 11.3 Å². The Labute approximate surface area is 158 Å². The second-order valence-corrected chi connectivity index (χ2v) is 7.15. The molecular formula is C22H21N3S. The maximum absolute atomic E-state index is 4.83. The maximum Gasteiger partial charge on any atom is 0.185 e. The first-order valence-electron chi connectivity index (χ1n) is 8.91. The molecule has 0 bridgehead atoms. The van der Waals surface area contributed by atoms with Gasteiger partial charge in [0.25, 0.3) is 0 Å². The first kappa shape index (κ1) is 16.8. The van der Waals surface area contributed by atoms with E-state index in [0.717, 1.165) is 49.1 Å². The summed E-state index contributed by atoms with van der Waals surface area (Å²) >= 11 is 1.74. The highest BCUT2D eigenvalue weighted by atomic mass is 32.1. The van der Waals surface area contributed by atoms with E-state index in [-0.39, 0.29) is 0 Å². The van der Waals surface area contributed by atoms with Crippen molar-refractivity contribution in [3.8, 4) is 23.1 Å². The van der Waals surface area contributed by atoms with Crippen molar-refractivity contribution >= 4 is 16.5 Å². The van der Waals surface area contributed by atoms with E-state index in [1.54, 1.807) is 11.3 Å². The van der Waals surface area contributed by atoms with Crippen molar-refractivity contribution in [2.75, 3.05) is 37.6 Å². The number of thiazole rings is 1. The van der Waals surface area contributed by atoms with Crippen LogP contribution < -0.4 is 4.90 Å². The second-order valence-electron chi connectivity index (χ2n) is 6.31. The number of nitrogens with zero attached hydrogens (tertiary/aromatic N) is 3. The zero-order chi connectivity index (χ0) is 17.6. The van der Waals surface area contributed by atoms with Gasteiger partial charge in [-0.05, 0) is 12.1 Å². The Bertz CT molecular complexity index is 885. The van der Waals surface area contributed by atoms with Crippen molar-refractivity contribution in [2.24, 2.45) is 0 Å². The molecule has 0 spiro atoms. The number of hydrogen-bond donors (Lipinski definition) is 0. The van der Waals surface area contributed by atoms with Gasteiger partial charge in [-0.25, -0.2) is 4.98 Å². The fourth-order valence-electron chi connectivity index (χ4n) is 3.02. The molecule has 1 aliphatic heterocycles. The van der Waals surface area contributed by atoms with E-state index >= 15 is 0 Å². The summed E-state index contributed by atoms with van der Waals surface area (Å²) in [5.74, 6) is 6.54. The van der Waals surface area contributed by atoms with Crippen LogP contribution in [0.3, 0.4) is 0 Å². The summed E-state index contributed by atoms with van der Waals surface area (Å²) < 4.78 is 0. The second kappa shape index (κ2) is 8.18. The summed E-state index contributed by atoms with van der Waals surface area (Å²) in [5, 5.41) is 3.28. The standard InChI is InChI=1S/C22H21N3S/c1-3-8-19(9-4-1)10-7-13-24-14-16-25(17-15-24)22-23-21(18-26-22)20-11-5-2-6-12-20/h1-6,8-9,11-12,18H,13-17H2. The van der Waals surface area contributed by atoms with Crippen molar-refractivity contribution in [2.45, 2.75) is 0 Å². The minimum atomic E-state index is 0.829. The molecule has 0 aliphatic carbocycles. The fraction of sp³-hybridized carbons (Fsp3) is 0.227. The molecule has 0 atom stereocenters. The van der Waals surface area contributed by atoms with E-state index in [4.69, 9.17) is 4.98 Å². The largest absolute Gasteiger partial charge is 0.346 e. The van der Waals surface area contributed by atoms with Crippen LogP contribution in [-0.4, -0.2) is 42.6 Å². The van der Waals surface area contributed by atoms with Gasteiger partial charge < -0.3 is 4.90 Å². The Kier molecular flexibility index (Phi) is 5.30. The summed E-state index contributed by atoms with van der Waals surface area (Å²) in [4.78, 5) is 9.63. The molecule has 2 aromatic carbocycles. The summed E-state index contributed by atoms with van der Waals surface area (Å²) in [6, 6.07) is 20.6. The highest BCUT2D eigenvalue weighted by molar-refractivity contribution is 7.14. The molecule has 2 heterocycles. The topological polar surface area (TPSA) is 19.4 Å². The Balaban J connectivity index is 1.31. The molecular weight excluding hydrogens is 338 g/mol. The van der Waals surface area contributed by atoms with E-state index in [1.807, 2.05) is 24.3 Å². The van der Waals surface area contributed by atoms with Crippen LogP contribution in [0.1, 0.15) is 5.56 Å². The van der Waals surface area contributed by atoms with Crippen LogP contribution in [-0.2, 0) is 0 Å². The number of anilines is 1. The predicted molar refractivity (Wildman–Crippen MR) is 110 cm³/mol. The highest BCUT2D eigenvalue weighted by Gasteiger charge is 2.19. The molecule has 4 rings (SSSR count). The van der Waals surface area contributed by atoms with E-state index in [0.29, 0.717) is 0 Å². The van der Waals surface area contributed by atoms with Crippen molar-refractivity contribution < 1.29 is 0 Å². The predicted octanol–water partition coefficient (Wildman–Crippen LogP) is 3.98. The third kappa shape index (κ3) is 4.13. The van der Waals surface area contributed by atoms with E-state index < -0.39 is 0 Å². The molecule has 0 saturated carbocycles. The van der Waals surface area contributed by atoms with E-state index in [1.165, 1.54) is 5.56 Å². The minimum Gasteiger partial charge on any atom is -0.346 e. The SMILES string of the molecule is C(#Cc1ccccc1)CN1CCN(c2nc(-c3ccccc3)cs2)CC1. The number of piperazine rings is 1. The van der Waals surface area contributed by atoms with Gasteiger partial charge in [-0.3, -0.25) is 4.90 Å². The van der Waals surface area contributed by atoms with Gasteiger partial charge in [-0.1, -0.05) is 60.4 Å². The monoisotopic (exact) mass is 359 g/mol. The molecule has 3 aromatic rings. The van der Waals surface area contributed by atoms with Crippen LogP contribution in [0.4, 0.5) is 5.13 Å². The molecule has 26 heavy (non-hydrogen) atoms. The molecule has 0 amide bonds. The summed E-state index contributed by atoms with van der Waals surface area (Å²) in [6.07, 6.45) is 0. The molecule has 0 radical (unpaired) electrons. The Morgan fingerprint density at radius 2 is 1.58 bits per heavy atom. The lowest BCUT2D eigenvalue weighted by molar-refractivity contribution is 0.288. The summed E-state index contributed by atoms with van der Waals surface area (Å²) in [6.45, 7) is 4.91. The molecule has 1 fully saturated rings. The first-order valence-corrected chi connectivity index (χ1v) is 9.79. The third-order valence-corrected chi connectivity index (χ3v) is 5.42. The maximum atomic E-state index is 4.83. The highest BCUT2D eigenvalue weighted by Crippen LogP contribution is 2.27. The normalized spacial score (nSPS) is 14.7. The van der Waals surface area contributed by atoms with Gasteiger partial charge in [0, 0.05) is 42.7 Å². The quantitative estimate of drug-likeness (QED) is 0.659. The lowest BCUT2D eigenvalue weighted by atomic mass is 10.2. The minimum absolute atomic E-state index is 0.829. The molecule has 0 unspecified atom stereocenters. The molecule has 3 nitrogen and oxygen atoms in total. The van der Waals surface area contributed by atoms with Crippen LogP contribution in [0.25, 0.3) is 11.3 Å². The number of benzene rings is 2. The Hall–Kier alpha value is -2.61. The van der Waals surface area contributed by atoms with Gasteiger partial charge in [0.1, 0.15) is 0 Å². The number of hydrogen-bond acceptors (Lipinski definition) is 4. The molecule has 130 valence electrons. The van der Waals surface area contributed by atoms with Crippen LogP contribution in [0.5, 0.6) is 0 Å². The van der Waals surface area contributed by atoms with Gasteiger partial charge in [-0.15, -0.1) is 11.3 Å². The average molecular weight is 359 g/mol. The van der Waals surface area contributed by atoms with Crippen LogP contribution in [0, 0.1) is 11.8 Å². The fourth-order valence-corrected chi connectivity index (χ4v) is 3.91. The molecule has 1 saturated heterocycles. The van der Waals surface area contributed by atoms with Crippen LogP contribution in [0.15, 0.2) is 66.0 Å². The third-order valence-electron chi connectivity index (χ3n) is 4.51. The van der Waals surface area contributed by atoms with E-state index in [2.05, 4.69) is 63.4 Å². The van der Waals surface area contributed by atoms with E-state index in [9.17, 15) is 0 Å². The van der Waals surface area contributed by atoms with Crippen molar-refractivity contribution in [3.63, 3.8) is 0 Å². The van der Waals surface area contributed by atoms with Gasteiger partial charge in [0.2, 0.25) is 0 Å². The smallest absolute Gasteiger partial charge is 0.185 e. The van der Waals surface area contributed by atoms with Crippen molar-refractivity contribution in [3.05, 3.63) is 71.6 Å². The number of rotatable bonds is 3. The molecule has 1 aliphatic rings. The van der Waals surface area contributed by atoms with Gasteiger partial charge in [-0.2, -0.15) is 0 Å². The molecule has 0 N–H and O–H groups in total. The molecule has 1 aromatic heterocycles. The first-order chi connectivity index (χ1) is 12.9. The Morgan fingerprint density at radius 3 is 2.31 bits per heavy atom. The van der Waals surface area contributed by atoms with Crippen LogP contribution in [0.2, 0.25) is 0 Å². The van der Waals surface area contributed by atoms with Crippen molar-refractivity contribution in [1.82, 2.24) is 9.88 Å². The zero-order valence-electron chi connectivity index (χ0n) is 14.6. The number of aromatic nitrogens is 1. The van der Waals surface area contributed by atoms with Gasteiger partial charge in [0.15, 0.2) is 5.13 Å². The zero-order valence-corrected chi connectivity index (χ0v) is 15.5.